The maximum atomic E-state index is 14.1. The highest BCUT2D eigenvalue weighted by atomic mass is 31.2. The predicted octanol–water partition coefficient (Wildman–Crippen LogP) is 2.04. The van der Waals surface area contributed by atoms with Gasteiger partial charge >= 0.3 is 13.7 Å². The highest BCUT2D eigenvalue weighted by molar-refractivity contribution is 7.52. The van der Waals surface area contributed by atoms with Crippen LogP contribution in [0, 0.1) is 5.92 Å². The number of aliphatic hydroxyl groups is 1. The van der Waals surface area contributed by atoms with Crippen molar-refractivity contribution in [3.8, 4) is 17.2 Å². The minimum absolute atomic E-state index is 0.0454. The summed E-state index contributed by atoms with van der Waals surface area (Å²) < 4.78 is 43.3. The molecule has 220 valence electrons. The molecule has 5 N–H and O–H groups in total. The normalized spacial score (nSPS) is 22.2. The summed E-state index contributed by atoms with van der Waals surface area (Å²) in [6, 6.07) is 3.22. The van der Waals surface area contributed by atoms with Gasteiger partial charge in [0, 0.05) is 5.92 Å². The van der Waals surface area contributed by atoms with Gasteiger partial charge in [0.25, 0.3) is 5.56 Å². The largest absolute Gasteiger partial charge is 0.462 e. The van der Waals surface area contributed by atoms with Crippen molar-refractivity contribution in [1.29, 1.82) is 0 Å². The van der Waals surface area contributed by atoms with Crippen LogP contribution < -0.4 is 30.4 Å². The molecule has 15 nitrogen and oxygen atoms in total. The van der Waals surface area contributed by atoms with Crippen LogP contribution >= 0.6 is 7.75 Å². The van der Waals surface area contributed by atoms with Gasteiger partial charge < -0.3 is 34.1 Å². The Morgan fingerprint density at radius 3 is 2.90 bits per heavy atom. The lowest BCUT2D eigenvalue weighted by Gasteiger charge is -2.26. The number of nitrogens with one attached hydrogen (secondary N) is 2. The van der Waals surface area contributed by atoms with E-state index in [-0.39, 0.29) is 48.4 Å². The Morgan fingerprint density at radius 2 is 2.15 bits per heavy atom. The minimum Gasteiger partial charge on any atom is -0.462 e. The number of ether oxygens (including phenoxy) is 3. The molecule has 0 saturated heterocycles. The number of hydrogen-bond donors (Lipinski definition) is 4. The van der Waals surface area contributed by atoms with Crippen molar-refractivity contribution in [3.63, 3.8) is 0 Å². The van der Waals surface area contributed by atoms with Gasteiger partial charge in [-0.3, -0.25) is 19.1 Å². The second-order valence-electron chi connectivity index (χ2n) is 9.99. The van der Waals surface area contributed by atoms with Crippen molar-refractivity contribution in [2.45, 2.75) is 51.5 Å². The highest BCUT2D eigenvalue weighted by Gasteiger charge is 2.42. The number of aromatic nitrogens is 4. The molecule has 1 aromatic carbocycles. The van der Waals surface area contributed by atoms with E-state index in [1.807, 2.05) is 0 Å². The van der Waals surface area contributed by atoms with E-state index in [2.05, 4.69) is 26.6 Å². The Kier molecular flexibility index (Phi) is 7.79. The van der Waals surface area contributed by atoms with Crippen LogP contribution in [-0.4, -0.2) is 62.2 Å². The molecule has 3 heterocycles. The Bertz CT molecular complexity index is 1590. The molecule has 0 unspecified atom stereocenters. The molecule has 0 bridgehead atoms. The molecule has 5 rings (SSSR count). The summed E-state index contributed by atoms with van der Waals surface area (Å²) in [5.74, 6) is -0.745. The second-order valence-corrected chi connectivity index (χ2v) is 11.7. The van der Waals surface area contributed by atoms with E-state index in [1.165, 1.54) is 19.3 Å². The van der Waals surface area contributed by atoms with Crippen LogP contribution in [0.3, 0.4) is 0 Å². The molecule has 5 atom stereocenters. The van der Waals surface area contributed by atoms with Gasteiger partial charge in [-0.1, -0.05) is 12.6 Å². The molecule has 41 heavy (non-hydrogen) atoms. The lowest BCUT2D eigenvalue weighted by atomic mass is 10.0. The number of benzene rings is 1. The molecule has 0 radical (unpaired) electrons. The molecule has 3 aromatic rings. The zero-order chi connectivity index (χ0) is 29.5. The van der Waals surface area contributed by atoms with E-state index >= 15 is 0 Å². The van der Waals surface area contributed by atoms with Gasteiger partial charge in [0.05, 0.1) is 31.2 Å². The number of H-pyrrole nitrogens is 1. The number of carbonyl (C=O) groups is 1. The fraction of sp³-hybridized carbons (Fsp3) is 0.440. The van der Waals surface area contributed by atoms with Crippen LogP contribution in [-0.2, 0) is 18.6 Å². The number of rotatable bonds is 10. The lowest BCUT2D eigenvalue weighted by molar-refractivity contribution is -0.149. The van der Waals surface area contributed by atoms with Gasteiger partial charge in [-0.25, -0.2) is 9.55 Å². The Morgan fingerprint density at radius 1 is 1.37 bits per heavy atom. The van der Waals surface area contributed by atoms with Gasteiger partial charge in [0.2, 0.25) is 18.5 Å². The maximum absolute atomic E-state index is 14.1. The first-order chi connectivity index (χ1) is 19.5. The number of esters is 1. The average Bonchev–Trinajstić information content (AvgIpc) is 3.60. The quantitative estimate of drug-likeness (QED) is 0.152. The third-order valence-electron chi connectivity index (χ3n) is 6.68. The number of para-hydroxylation sites is 1. The number of nitrogens with two attached hydrogens (primary N) is 1. The minimum atomic E-state index is -4.30. The average molecular weight is 591 g/mol. The number of nitrogen functional groups attached to an aromatic ring is 1. The Balaban J connectivity index is 1.37. The summed E-state index contributed by atoms with van der Waals surface area (Å²) in [6.07, 6.45) is 0.261. The maximum Gasteiger partial charge on any atom is 0.459 e. The van der Waals surface area contributed by atoms with Gasteiger partial charge in [-0.15, -0.1) is 0 Å². The molecule has 16 heteroatoms. The molecule has 1 aliphatic heterocycles. The summed E-state index contributed by atoms with van der Waals surface area (Å²) in [6.45, 7) is 8.64. The standard InChI is InChI=1S/C25H31N6O9P/c1-12(2)39-24(34)14(4)30-41(35,40-19-7-5-6-18-21(19)37-11-36-18)38-9-15-13(3)16(8-17(15)32)31-10-27-20-22(31)28-25(26)29-23(20)33/h5-7,10,12,14-17,32H,3,8-9,11H2,1-2,4H3,(H,30,35)(H3,26,28,29,33)/t14-,15-,16-,17-,41-/m0/s1. The molecule has 0 spiro atoms. The van der Waals surface area contributed by atoms with Crippen LogP contribution in [0.5, 0.6) is 17.2 Å². The lowest BCUT2D eigenvalue weighted by Crippen LogP contribution is -2.36. The predicted molar refractivity (Wildman–Crippen MR) is 145 cm³/mol. The van der Waals surface area contributed by atoms with Gasteiger partial charge in [0.1, 0.15) is 6.04 Å². The van der Waals surface area contributed by atoms with Crippen LogP contribution in [0.4, 0.5) is 5.95 Å². The SMILES string of the molecule is C=C1[C@H](CO[P@@](=O)(N[C@@H](C)C(=O)OC(C)C)Oc2cccc3c2OCO3)[C@@H](O)C[C@@H]1n1cnc2c(=O)[nH]c(N)nc21. The number of nitrogens with zero attached hydrogens (tertiary/aromatic N) is 3. The summed E-state index contributed by atoms with van der Waals surface area (Å²) in [5, 5.41) is 13.6. The number of imidazole rings is 1. The number of aromatic amines is 1. The van der Waals surface area contributed by atoms with E-state index < -0.39 is 49.5 Å². The van der Waals surface area contributed by atoms with Crippen LogP contribution in [0.15, 0.2) is 41.5 Å². The van der Waals surface area contributed by atoms with Crippen molar-refractivity contribution >= 4 is 30.8 Å². The molecule has 1 fully saturated rings. The van der Waals surface area contributed by atoms with Crippen LogP contribution in [0.25, 0.3) is 11.2 Å². The van der Waals surface area contributed by atoms with Crippen molar-refractivity contribution in [2.24, 2.45) is 5.92 Å². The number of carbonyl (C=O) groups excluding carboxylic acids is 1. The van der Waals surface area contributed by atoms with Crippen molar-refractivity contribution in [1.82, 2.24) is 24.6 Å². The highest BCUT2D eigenvalue weighted by Crippen LogP contribution is 2.52. The molecule has 1 saturated carbocycles. The third-order valence-corrected chi connectivity index (χ3v) is 8.31. The second kappa shape index (κ2) is 11.2. The topological polar surface area (TPSA) is 202 Å². The molecule has 0 amide bonds. The van der Waals surface area contributed by atoms with E-state index in [0.29, 0.717) is 11.3 Å². The first-order valence-corrected chi connectivity index (χ1v) is 14.4. The van der Waals surface area contributed by atoms with Gasteiger partial charge in [-0.2, -0.15) is 10.1 Å². The Hall–Kier alpha value is -3.91. The van der Waals surface area contributed by atoms with Crippen molar-refractivity contribution < 1.29 is 37.7 Å². The van der Waals surface area contributed by atoms with E-state index in [9.17, 15) is 19.3 Å². The summed E-state index contributed by atoms with van der Waals surface area (Å²) in [4.78, 5) is 35.4. The van der Waals surface area contributed by atoms with Gasteiger partial charge in [0.15, 0.2) is 22.7 Å². The number of anilines is 1. The number of hydrogen-bond acceptors (Lipinski definition) is 12. The summed E-state index contributed by atoms with van der Waals surface area (Å²) >= 11 is 0. The van der Waals surface area contributed by atoms with Crippen LogP contribution in [0.1, 0.15) is 33.2 Å². The van der Waals surface area contributed by atoms with Crippen molar-refractivity contribution in [3.05, 3.63) is 47.0 Å². The molecular formula is C25H31N6O9P. The van der Waals surface area contributed by atoms with E-state index in [1.54, 1.807) is 30.5 Å². The van der Waals surface area contributed by atoms with Crippen molar-refractivity contribution in [2.75, 3.05) is 19.1 Å². The number of aliphatic hydroxyl groups excluding tert-OH is 1. The zero-order valence-electron chi connectivity index (χ0n) is 22.6. The summed E-state index contributed by atoms with van der Waals surface area (Å²) in [7, 11) is -4.30. The molecular weight excluding hydrogens is 559 g/mol. The monoisotopic (exact) mass is 590 g/mol. The smallest absolute Gasteiger partial charge is 0.459 e. The van der Waals surface area contributed by atoms with E-state index in [0.717, 1.165) is 0 Å². The third kappa shape index (κ3) is 5.79. The van der Waals surface area contributed by atoms with Crippen LogP contribution in [0.2, 0.25) is 0 Å². The van der Waals surface area contributed by atoms with E-state index in [4.69, 9.17) is 29.0 Å². The van der Waals surface area contributed by atoms with Gasteiger partial charge in [-0.05, 0) is 44.9 Å². The summed E-state index contributed by atoms with van der Waals surface area (Å²) in [5.41, 5.74) is 6.07. The fourth-order valence-electron chi connectivity index (χ4n) is 4.72. The Labute approximate surface area is 234 Å². The zero-order valence-corrected chi connectivity index (χ0v) is 23.5. The first kappa shape index (κ1) is 28.6. The fourth-order valence-corrected chi connectivity index (χ4v) is 6.24. The number of fused-ring (bicyclic) bond motifs is 2. The first-order valence-electron chi connectivity index (χ1n) is 12.9. The molecule has 2 aromatic heterocycles. The molecule has 2 aliphatic rings. The molecule has 1 aliphatic carbocycles.